The standard InChI is InChI=1S/C32H39N3O6/c1-6-16-35(17-15-22-7-14-29(39-4)30(18-22)40-5)20-24(36)21-41-25-10-8-23(9-11-25)31-33-28-13-12-26(38-3)19-27(28)32(37)34(31)2/h7-14,18-19,24,36H,6,15-17,20-21H2,1-5H3. The zero-order valence-corrected chi connectivity index (χ0v) is 24.4. The van der Waals surface area contributed by atoms with E-state index in [1.807, 2.05) is 42.5 Å². The van der Waals surface area contributed by atoms with Crippen LogP contribution in [0.5, 0.6) is 23.0 Å². The summed E-state index contributed by atoms with van der Waals surface area (Å²) < 4.78 is 23.4. The molecule has 0 amide bonds. The molecule has 41 heavy (non-hydrogen) atoms. The Morgan fingerprint density at radius 3 is 2.32 bits per heavy atom. The predicted octanol–water partition coefficient (Wildman–Crippen LogP) is 4.32. The average Bonchev–Trinajstić information content (AvgIpc) is 3.00. The Hall–Kier alpha value is -4.08. The first-order chi connectivity index (χ1) is 19.9. The highest BCUT2D eigenvalue weighted by atomic mass is 16.5. The van der Waals surface area contributed by atoms with Crippen molar-refractivity contribution >= 4 is 10.9 Å². The van der Waals surface area contributed by atoms with Crippen molar-refractivity contribution in [2.75, 3.05) is 47.6 Å². The third-order valence-electron chi connectivity index (χ3n) is 7.01. The summed E-state index contributed by atoms with van der Waals surface area (Å²) in [6.45, 7) is 4.49. The zero-order valence-electron chi connectivity index (χ0n) is 24.4. The molecule has 9 nitrogen and oxygen atoms in total. The summed E-state index contributed by atoms with van der Waals surface area (Å²) in [5.41, 5.74) is 2.40. The van der Waals surface area contributed by atoms with Crippen LogP contribution >= 0.6 is 0 Å². The highest BCUT2D eigenvalue weighted by Crippen LogP contribution is 2.28. The molecule has 0 aliphatic heterocycles. The lowest BCUT2D eigenvalue weighted by atomic mass is 10.1. The Balaban J connectivity index is 1.35. The molecule has 4 rings (SSSR count). The molecule has 0 bridgehead atoms. The number of hydrogen-bond donors (Lipinski definition) is 1. The van der Waals surface area contributed by atoms with E-state index in [9.17, 15) is 9.90 Å². The van der Waals surface area contributed by atoms with Gasteiger partial charge >= 0.3 is 0 Å². The largest absolute Gasteiger partial charge is 0.497 e. The molecule has 1 heterocycles. The van der Waals surface area contributed by atoms with Crippen LogP contribution in [0.2, 0.25) is 0 Å². The lowest BCUT2D eigenvalue weighted by Gasteiger charge is -2.25. The molecule has 0 saturated carbocycles. The number of hydrogen-bond acceptors (Lipinski definition) is 8. The molecule has 4 aromatic rings. The second-order valence-electron chi connectivity index (χ2n) is 9.91. The van der Waals surface area contributed by atoms with Crippen LogP contribution in [0, 0.1) is 0 Å². The van der Waals surface area contributed by atoms with Gasteiger partial charge < -0.3 is 29.0 Å². The van der Waals surface area contributed by atoms with Gasteiger partial charge in [0.2, 0.25) is 0 Å². The van der Waals surface area contributed by atoms with E-state index in [-0.39, 0.29) is 12.2 Å². The van der Waals surface area contributed by atoms with E-state index in [2.05, 4.69) is 11.8 Å². The van der Waals surface area contributed by atoms with Crippen molar-refractivity contribution < 1.29 is 24.1 Å². The number of ether oxygens (including phenoxy) is 4. The van der Waals surface area contributed by atoms with Crippen LogP contribution in [0.15, 0.2) is 65.5 Å². The second-order valence-corrected chi connectivity index (χ2v) is 9.91. The van der Waals surface area contributed by atoms with Crippen molar-refractivity contribution in [2.45, 2.75) is 25.9 Å². The third kappa shape index (κ3) is 7.36. The van der Waals surface area contributed by atoms with Crippen LogP contribution in [0.1, 0.15) is 18.9 Å². The number of rotatable bonds is 14. The molecule has 9 heteroatoms. The normalized spacial score (nSPS) is 12.0. The minimum Gasteiger partial charge on any atom is -0.497 e. The maximum absolute atomic E-state index is 13.0. The van der Waals surface area contributed by atoms with Crippen molar-refractivity contribution in [2.24, 2.45) is 7.05 Å². The van der Waals surface area contributed by atoms with Gasteiger partial charge in [-0.3, -0.25) is 9.36 Å². The first-order valence-electron chi connectivity index (χ1n) is 13.8. The van der Waals surface area contributed by atoms with E-state index in [4.69, 9.17) is 23.9 Å². The molecule has 3 aromatic carbocycles. The van der Waals surface area contributed by atoms with Crippen molar-refractivity contribution in [3.8, 4) is 34.4 Å². The van der Waals surface area contributed by atoms with Crippen LogP contribution < -0.4 is 24.5 Å². The lowest BCUT2D eigenvalue weighted by molar-refractivity contribution is 0.0685. The Labute approximate surface area is 240 Å². The number of nitrogens with zero attached hydrogens (tertiary/aromatic N) is 3. The molecule has 218 valence electrons. The molecule has 0 saturated heterocycles. The van der Waals surface area contributed by atoms with Gasteiger partial charge in [-0.1, -0.05) is 13.0 Å². The highest BCUT2D eigenvalue weighted by molar-refractivity contribution is 5.81. The SMILES string of the molecule is CCCN(CCc1ccc(OC)c(OC)c1)CC(O)COc1ccc(-c2nc3ccc(OC)cc3c(=O)n2C)cc1. The predicted molar refractivity (Wildman–Crippen MR) is 160 cm³/mol. The molecule has 1 N–H and O–H groups in total. The monoisotopic (exact) mass is 561 g/mol. The van der Waals surface area contributed by atoms with E-state index in [0.29, 0.717) is 46.3 Å². The van der Waals surface area contributed by atoms with Gasteiger partial charge in [-0.15, -0.1) is 0 Å². The van der Waals surface area contributed by atoms with Gasteiger partial charge in [-0.05, 0) is 79.5 Å². The molecule has 0 spiro atoms. The zero-order chi connectivity index (χ0) is 29.4. The van der Waals surface area contributed by atoms with Gasteiger partial charge in [-0.25, -0.2) is 4.98 Å². The summed E-state index contributed by atoms with van der Waals surface area (Å²) in [5.74, 6) is 3.23. The maximum atomic E-state index is 13.0. The molecular weight excluding hydrogens is 522 g/mol. The average molecular weight is 562 g/mol. The Morgan fingerprint density at radius 2 is 1.63 bits per heavy atom. The van der Waals surface area contributed by atoms with E-state index < -0.39 is 6.10 Å². The fourth-order valence-corrected chi connectivity index (χ4v) is 4.81. The van der Waals surface area contributed by atoms with Gasteiger partial charge in [-0.2, -0.15) is 0 Å². The van der Waals surface area contributed by atoms with Gasteiger partial charge in [0, 0.05) is 25.7 Å². The smallest absolute Gasteiger partial charge is 0.261 e. The summed E-state index contributed by atoms with van der Waals surface area (Å²) in [7, 11) is 6.54. The molecule has 0 fully saturated rings. The van der Waals surface area contributed by atoms with Gasteiger partial charge in [0.05, 0.1) is 32.2 Å². The highest BCUT2D eigenvalue weighted by Gasteiger charge is 2.15. The summed E-state index contributed by atoms with van der Waals surface area (Å²) in [4.78, 5) is 19.9. The van der Waals surface area contributed by atoms with Crippen molar-refractivity contribution in [1.82, 2.24) is 14.5 Å². The van der Waals surface area contributed by atoms with E-state index in [1.54, 1.807) is 46.6 Å². The summed E-state index contributed by atoms with van der Waals surface area (Å²) in [5, 5.41) is 11.2. The van der Waals surface area contributed by atoms with Crippen molar-refractivity contribution in [1.29, 1.82) is 0 Å². The molecule has 0 aliphatic carbocycles. The van der Waals surface area contributed by atoms with Gasteiger partial charge in [0.25, 0.3) is 5.56 Å². The quantitative estimate of drug-likeness (QED) is 0.243. The second kappa shape index (κ2) is 14.0. The Morgan fingerprint density at radius 1 is 0.902 bits per heavy atom. The van der Waals surface area contributed by atoms with E-state index in [1.165, 1.54) is 4.57 Å². The number of aliphatic hydroxyl groups is 1. The summed E-state index contributed by atoms with van der Waals surface area (Å²) >= 11 is 0. The molecule has 1 atom stereocenters. The first-order valence-corrected chi connectivity index (χ1v) is 13.8. The van der Waals surface area contributed by atoms with Crippen molar-refractivity contribution in [3.05, 3.63) is 76.6 Å². The van der Waals surface area contributed by atoms with E-state index in [0.717, 1.165) is 37.1 Å². The van der Waals surface area contributed by atoms with E-state index >= 15 is 0 Å². The Kier molecular flexibility index (Phi) is 10.2. The fourth-order valence-electron chi connectivity index (χ4n) is 4.81. The molecule has 0 radical (unpaired) electrons. The van der Waals surface area contributed by atoms with Crippen LogP contribution in [-0.4, -0.2) is 73.2 Å². The van der Waals surface area contributed by atoms with Crippen LogP contribution in [-0.2, 0) is 13.5 Å². The number of aromatic nitrogens is 2. The summed E-state index contributed by atoms with van der Waals surface area (Å²) in [6.07, 6.45) is 1.17. The topological polar surface area (TPSA) is 95.3 Å². The fraction of sp³-hybridized carbons (Fsp3) is 0.375. The lowest BCUT2D eigenvalue weighted by Crippen LogP contribution is -2.37. The summed E-state index contributed by atoms with van der Waals surface area (Å²) in [6, 6.07) is 18.6. The number of aliphatic hydroxyl groups excluding tert-OH is 1. The number of benzene rings is 3. The molecular formula is C32H39N3O6. The van der Waals surface area contributed by atoms with Crippen LogP contribution in [0.4, 0.5) is 0 Å². The van der Waals surface area contributed by atoms with Gasteiger partial charge in [0.1, 0.15) is 30.0 Å². The molecule has 0 aliphatic rings. The number of fused-ring (bicyclic) bond motifs is 1. The Bertz CT molecular complexity index is 1500. The van der Waals surface area contributed by atoms with Crippen LogP contribution in [0.3, 0.4) is 0 Å². The van der Waals surface area contributed by atoms with Gasteiger partial charge in [0.15, 0.2) is 11.5 Å². The first kappa shape index (κ1) is 29.9. The molecule has 1 unspecified atom stereocenters. The van der Waals surface area contributed by atoms with Crippen LogP contribution in [0.25, 0.3) is 22.3 Å². The minimum absolute atomic E-state index is 0.143. The molecule has 1 aromatic heterocycles. The third-order valence-corrected chi connectivity index (χ3v) is 7.01. The number of methoxy groups -OCH3 is 3. The van der Waals surface area contributed by atoms with Crippen molar-refractivity contribution in [3.63, 3.8) is 0 Å². The maximum Gasteiger partial charge on any atom is 0.261 e. The minimum atomic E-state index is -0.647.